The summed E-state index contributed by atoms with van der Waals surface area (Å²) in [7, 11) is 1.88. The summed E-state index contributed by atoms with van der Waals surface area (Å²) in [5.74, 6) is -2.60. The lowest BCUT2D eigenvalue weighted by Gasteiger charge is -2.34. The third-order valence-corrected chi connectivity index (χ3v) is 5.04. The number of nitrogens with one attached hydrogen (secondary N) is 1. The van der Waals surface area contributed by atoms with Crippen LogP contribution in [0, 0.1) is 11.8 Å². The number of rotatable bonds is 2. The van der Waals surface area contributed by atoms with Crippen LogP contribution in [0.2, 0.25) is 0 Å². The Morgan fingerprint density at radius 1 is 1.30 bits per heavy atom. The zero-order valence-corrected chi connectivity index (χ0v) is 13.0. The molecule has 0 aliphatic carbocycles. The van der Waals surface area contributed by atoms with E-state index in [1.54, 1.807) is 11.1 Å². The van der Waals surface area contributed by atoms with Crippen LogP contribution in [0.4, 0.5) is 13.2 Å². The van der Waals surface area contributed by atoms with E-state index in [9.17, 15) is 18.0 Å². The molecule has 2 fully saturated rings. The second-order valence-corrected chi connectivity index (χ2v) is 6.39. The topological polar surface area (TPSA) is 50.2 Å². The van der Waals surface area contributed by atoms with Crippen LogP contribution in [0.5, 0.6) is 0 Å². The SMILES string of the molecule is Cn1nccc1C1CCN(C(=O)[C@@H]2CNC[C@H]2C(F)(F)F)CC1. The maximum atomic E-state index is 13.0. The van der Waals surface area contributed by atoms with Gasteiger partial charge in [-0.2, -0.15) is 18.3 Å². The van der Waals surface area contributed by atoms with Crippen molar-refractivity contribution in [3.63, 3.8) is 0 Å². The number of carbonyl (C=O) groups excluding carboxylic acids is 1. The van der Waals surface area contributed by atoms with Gasteiger partial charge in [0.1, 0.15) is 0 Å². The maximum Gasteiger partial charge on any atom is 0.393 e. The molecule has 3 rings (SSSR count). The Morgan fingerprint density at radius 3 is 2.57 bits per heavy atom. The molecule has 1 amide bonds. The van der Waals surface area contributed by atoms with Crippen LogP contribution in [0.25, 0.3) is 0 Å². The lowest BCUT2D eigenvalue weighted by atomic mass is 9.90. The molecule has 0 unspecified atom stereocenters. The molecule has 2 aliphatic rings. The Labute approximate surface area is 132 Å². The largest absolute Gasteiger partial charge is 0.393 e. The number of hydrogen-bond donors (Lipinski definition) is 1. The van der Waals surface area contributed by atoms with Crippen LogP contribution in [0.1, 0.15) is 24.5 Å². The smallest absolute Gasteiger partial charge is 0.342 e. The predicted octanol–water partition coefficient (Wildman–Crippen LogP) is 1.52. The quantitative estimate of drug-likeness (QED) is 0.895. The van der Waals surface area contributed by atoms with Crippen molar-refractivity contribution < 1.29 is 18.0 Å². The molecule has 0 aromatic carbocycles. The highest BCUT2D eigenvalue weighted by Gasteiger charge is 2.50. The van der Waals surface area contributed by atoms with E-state index < -0.39 is 18.0 Å². The minimum absolute atomic E-state index is 0.116. The number of likely N-dealkylation sites (tertiary alicyclic amines) is 1. The van der Waals surface area contributed by atoms with Gasteiger partial charge in [0.15, 0.2) is 0 Å². The van der Waals surface area contributed by atoms with Crippen LogP contribution in [0.3, 0.4) is 0 Å². The minimum Gasteiger partial charge on any atom is -0.342 e. The molecular weight excluding hydrogens is 309 g/mol. The Balaban J connectivity index is 1.61. The van der Waals surface area contributed by atoms with Gasteiger partial charge in [-0.3, -0.25) is 9.48 Å². The van der Waals surface area contributed by atoms with E-state index >= 15 is 0 Å². The first-order chi connectivity index (χ1) is 10.9. The first-order valence-corrected chi connectivity index (χ1v) is 7.92. The molecule has 2 saturated heterocycles. The molecule has 8 heteroatoms. The van der Waals surface area contributed by atoms with Crippen molar-refractivity contribution in [2.45, 2.75) is 24.9 Å². The number of nitrogens with zero attached hydrogens (tertiary/aromatic N) is 3. The van der Waals surface area contributed by atoms with E-state index in [1.165, 1.54) is 0 Å². The molecule has 1 N–H and O–H groups in total. The van der Waals surface area contributed by atoms with Crippen LogP contribution < -0.4 is 5.32 Å². The Kier molecular flexibility index (Phi) is 4.35. The number of piperidine rings is 1. The first-order valence-electron chi connectivity index (χ1n) is 7.92. The van der Waals surface area contributed by atoms with Gasteiger partial charge >= 0.3 is 6.18 Å². The molecule has 3 heterocycles. The van der Waals surface area contributed by atoms with Crippen molar-refractivity contribution in [1.82, 2.24) is 20.0 Å². The molecule has 2 aliphatic heterocycles. The standard InChI is InChI=1S/C15H21F3N4O/c1-21-13(2-5-20-21)10-3-6-22(7-4-10)14(23)11-8-19-9-12(11)15(16,17)18/h2,5,10-12,19H,3-4,6-9H2,1H3/t11-,12-/m1/s1. The highest BCUT2D eigenvalue weighted by atomic mass is 19.4. The predicted molar refractivity (Wildman–Crippen MR) is 77.7 cm³/mol. The number of carbonyl (C=O) groups is 1. The van der Waals surface area contributed by atoms with E-state index in [1.807, 2.05) is 17.8 Å². The Morgan fingerprint density at radius 2 is 2.00 bits per heavy atom. The number of alkyl halides is 3. The van der Waals surface area contributed by atoms with Crippen molar-refractivity contribution >= 4 is 5.91 Å². The average molecular weight is 330 g/mol. The van der Waals surface area contributed by atoms with Gasteiger partial charge in [-0.05, 0) is 18.9 Å². The number of hydrogen-bond acceptors (Lipinski definition) is 3. The third kappa shape index (κ3) is 3.22. The number of amides is 1. The molecule has 23 heavy (non-hydrogen) atoms. The first kappa shape index (κ1) is 16.3. The van der Waals surface area contributed by atoms with Crippen LogP contribution >= 0.6 is 0 Å². The molecule has 0 bridgehead atoms. The van der Waals surface area contributed by atoms with E-state index in [2.05, 4.69) is 10.4 Å². The number of aromatic nitrogens is 2. The van der Waals surface area contributed by atoms with Gasteiger partial charge in [0.05, 0.1) is 11.8 Å². The fraction of sp³-hybridized carbons (Fsp3) is 0.733. The van der Waals surface area contributed by atoms with Crippen molar-refractivity contribution in [3.05, 3.63) is 18.0 Å². The second-order valence-electron chi connectivity index (χ2n) is 6.39. The van der Waals surface area contributed by atoms with Gasteiger partial charge < -0.3 is 10.2 Å². The zero-order valence-electron chi connectivity index (χ0n) is 13.0. The fourth-order valence-electron chi connectivity index (χ4n) is 3.70. The van der Waals surface area contributed by atoms with E-state index in [0.29, 0.717) is 19.0 Å². The van der Waals surface area contributed by atoms with Gasteiger partial charge in [0.2, 0.25) is 5.91 Å². The van der Waals surface area contributed by atoms with Crippen molar-refractivity contribution in [2.75, 3.05) is 26.2 Å². The Bertz CT molecular complexity index is 563. The van der Waals surface area contributed by atoms with Gasteiger partial charge in [-0.25, -0.2) is 0 Å². The van der Waals surface area contributed by atoms with Crippen molar-refractivity contribution in [2.24, 2.45) is 18.9 Å². The summed E-state index contributed by atoms with van der Waals surface area (Å²) in [5, 5.41) is 6.86. The number of halogens is 3. The van der Waals surface area contributed by atoms with Crippen LogP contribution in [0.15, 0.2) is 12.3 Å². The van der Waals surface area contributed by atoms with Crippen LogP contribution in [-0.2, 0) is 11.8 Å². The minimum atomic E-state index is -4.32. The molecule has 1 aromatic rings. The molecule has 0 radical (unpaired) electrons. The summed E-state index contributed by atoms with van der Waals surface area (Å²) in [6.45, 7) is 0.974. The second kappa shape index (κ2) is 6.14. The summed E-state index contributed by atoms with van der Waals surface area (Å²) >= 11 is 0. The van der Waals surface area contributed by atoms with E-state index in [4.69, 9.17) is 0 Å². The summed E-state index contributed by atoms with van der Waals surface area (Å²) in [6, 6.07) is 1.96. The monoisotopic (exact) mass is 330 g/mol. The molecule has 2 atom stereocenters. The maximum absolute atomic E-state index is 13.0. The molecule has 1 aromatic heterocycles. The summed E-state index contributed by atoms with van der Waals surface area (Å²) in [4.78, 5) is 14.1. The van der Waals surface area contributed by atoms with Gasteiger partial charge in [0, 0.05) is 51.0 Å². The Hall–Kier alpha value is -1.57. The van der Waals surface area contributed by atoms with Crippen LogP contribution in [-0.4, -0.2) is 52.9 Å². The highest BCUT2D eigenvalue weighted by Crippen LogP contribution is 2.36. The summed E-state index contributed by atoms with van der Waals surface area (Å²) < 4.78 is 40.9. The van der Waals surface area contributed by atoms with E-state index in [0.717, 1.165) is 18.5 Å². The molecule has 128 valence electrons. The average Bonchev–Trinajstić information content (AvgIpc) is 3.15. The van der Waals surface area contributed by atoms with Gasteiger partial charge in [0.25, 0.3) is 0 Å². The lowest BCUT2D eigenvalue weighted by molar-refractivity contribution is -0.185. The molecule has 0 saturated carbocycles. The van der Waals surface area contributed by atoms with E-state index in [-0.39, 0.29) is 19.0 Å². The third-order valence-electron chi connectivity index (χ3n) is 5.04. The van der Waals surface area contributed by atoms with Gasteiger partial charge in [-0.1, -0.05) is 0 Å². The molecule has 0 spiro atoms. The summed E-state index contributed by atoms with van der Waals surface area (Å²) in [5.41, 5.74) is 1.12. The number of aryl methyl sites for hydroxylation is 1. The van der Waals surface area contributed by atoms with Gasteiger partial charge in [-0.15, -0.1) is 0 Å². The van der Waals surface area contributed by atoms with Crippen molar-refractivity contribution in [1.29, 1.82) is 0 Å². The van der Waals surface area contributed by atoms with Crippen molar-refractivity contribution in [3.8, 4) is 0 Å². The summed E-state index contributed by atoms with van der Waals surface area (Å²) in [6.07, 6.45) is -1.05. The molecule has 5 nitrogen and oxygen atoms in total. The highest BCUT2D eigenvalue weighted by molar-refractivity contribution is 5.80. The fourth-order valence-corrected chi connectivity index (χ4v) is 3.70. The molecular formula is C15H21F3N4O. The normalized spacial score (nSPS) is 26.7. The lowest BCUT2D eigenvalue weighted by Crippen LogP contribution is -2.45. The zero-order chi connectivity index (χ0) is 16.6.